The van der Waals surface area contributed by atoms with Crippen LogP contribution in [0.15, 0.2) is 34.4 Å². The van der Waals surface area contributed by atoms with Crippen LogP contribution in [0.1, 0.15) is 11.4 Å². The number of hydrogen-bond acceptors (Lipinski definition) is 6. The first-order chi connectivity index (χ1) is 10.1. The Kier molecular flexibility index (Phi) is 3.76. The third kappa shape index (κ3) is 3.14. The molecule has 21 heavy (non-hydrogen) atoms. The molecular weight excluding hydrogens is 286 g/mol. The standard InChI is InChI=1S/C14H15N5OS/c1-8-3-4-9-10(5-8)17-14(16-9)21-13-6-11(15)18-12(19-13)7-20-2/h3-6H,7H2,1-2H3,(H,16,17)(H2,15,18,19). The predicted octanol–water partition coefficient (Wildman–Crippen LogP) is 2.54. The first kappa shape index (κ1) is 13.8. The number of benzene rings is 1. The number of imidazole rings is 1. The SMILES string of the molecule is COCc1nc(N)cc(Sc2nc3ccc(C)cc3[nH]2)n1. The molecule has 1 aromatic carbocycles. The van der Waals surface area contributed by atoms with Gasteiger partial charge in [-0.05, 0) is 36.4 Å². The van der Waals surface area contributed by atoms with E-state index in [1.54, 1.807) is 13.2 Å². The Labute approximate surface area is 126 Å². The normalized spacial score (nSPS) is 11.1. The van der Waals surface area contributed by atoms with E-state index in [0.717, 1.165) is 21.2 Å². The molecule has 108 valence electrons. The number of aromatic nitrogens is 4. The first-order valence-electron chi connectivity index (χ1n) is 6.40. The number of rotatable bonds is 4. The van der Waals surface area contributed by atoms with Crippen molar-refractivity contribution in [2.75, 3.05) is 12.8 Å². The van der Waals surface area contributed by atoms with Crippen LogP contribution in [0.5, 0.6) is 0 Å². The number of fused-ring (bicyclic) bond motifs is 1. The maximum Gasteiger partial charge on any atom is 0.172 e. The van der Waals surface area contributed by atoms with Crippen LogP contribution in [0, 0.1) is 6.92 Å². The highest BCUT2D eigenvalue weighted by molar-refractivity contribution is 7.99. The molecule has 0 radical (unpaired) electrons. The monoisotopic (exact) mass is 301 g/mol. The molecule has 3 rings (SSSR count). The zero-order valence-corrected chi connectivity index (χ0v) is 12.6. The molecule has 6 nitrogen and oxygen atoms in total. The quantitative estimate of drug-likeness (QED) is 0.720. The summed E-state index contributed by atoms with van der Waals surface area (Å²) in [6, 6.07) is 7.83. The zero-order chi connectivity index (χ0) is 14.8. The van der Waals surface area contributed by atoms with Crippen LogP contribution in [0.4, 0.5) is 5.82 Å². The van der Waals surface area contributed by atoms with E-state index in [0.29, 0.717) is 18.2 Å². The van der Waals surface area contributed by atoms with Crippen LogP contribution in [0.2, 0.25) is 0 Å². The fourth-order valence-corrected chi connectivity index (χ4v) is 2.82. The molecule has 0 aliphatic heterocycles. The van der Waals surface area contributed by atoms with Crippen molar-refractivity contribution in [1.29, 1.82) is 0 Å². The van der Waals surface area contributed by atoms with Crippen molar-refractivity contribution in [3.05, 3.63) is 35.7 Å². The lowest BCUT2D eigenvalue weighted by Gasteiger charge is -2.03. The average Bonchev–Trinajstić information content (AvgIpc) is 2.79. The van der Waals surface area contributed by atoms with Crippen molar-refractivity contribution < 1.29 is 4.74 Å². The van der Waals surface area contributed by atoms with Crippen LogP contribution in [-0.2, 0) is 11.3 Å². The highest BCUT2D eigenvalue weighted by Gasteiger charge is 2.08. The lowest BCUT2D eigenvalue weighted by atomic mass is 10.2. The van der Waals surface area contributed by atoms with Gasteiger partial charge in [0.1, 0.15) is 17.5 Å². The summed E-state index contributed by atoms with van der Waals surface area (Å²) in [6.45, 7) is 2.38. The van der Waals surface area contributed by atoms with Gasteiger partial charge in [0.05, 0.1) is 11.0 Å². The molecular formula is C14H15N5OS. The first-order valence-corrected chi connectivity index (χ1v) is 7.22. The number of nitrogen functional groups attached to an aromatic ring is 1. The van der Waals surface area contributed by atoms with Gasteiger partial charge in [-0.3, -0.25) is 0 Å². The fourth-order valence-electron chi connectivity index (χ4n) is 1.99. The zero-order valence-electron chi connectivity index (χ0n) is 11.8. The molecule has 0 atom stereocenters. The number of ether oxygens (including phenoxy) is 1. The lowest BCUT2D eigenvalue weighted by molar-refractivity contribution is 0.177. The number of aromatic amines is 1. The van der Waals surface area contributed by atoms with Crippen molar-refractivity contribution in [1.82, 2.24) is 19.9 Å². The largest absolute Gasteiger partial charge is 0.384 e. The predicted molar refractivity (Wildman–Crippen MR) is 82.1 cm³/mol. The summed E-state index contributed by atoms with van der Waals surface area (Å²) in [7, 11) is 1.60. The number of nitrogens with two attached hydrogens (primary N) is 1. The summed E-state index contributed by atoms with van der Waals surface area (Å²) in [5.74, 6) is 0.985. The topological polar surface area (TPSA) is 89.7 Å². The molecule has 2 aromatic heterocycles. The van der Waals surface area contributed by atoms with E-state index in [1.807, 2.05) is 12.1 Å². The Hall–Kier alpha value is -2.12. The van der Waals surface area contributed by atoms with Crippen LogP contribution in [0.3, 0.4) is 0 Å². The summed E-state index contributed by atoms with van der Waals surface area (Å²) >= 11 is 1.42. The second-order valence-electron chi connectivity index (χ2n) is 4.64. The summed E-state index contributed by atoms with van der Waals surface area (Å²) in [6.07, 6.45) is 0. The summed E-state index contributed by atoms with van der Waals surface area (Å²) < 4.78 is 5.04. The molecule has 0 aliphatic rings. The van der Waals surface area contributed by atoms with Crippen LogP contribution < -0.4 is 5.73 Å². The summed E-state index contributed by atoms with van der Waals surface area (Å²) in [5, 5.41) is 1.52. The van der Waals surface area contributed by atoms with Gasteiger partial charge >= 0.3 is 0 Å². The van der Waals surface area contributed by atoms with E-state index in [1.165, 1.54) is 17.3 Å². The number of nitrogens with one attached hydrogen (secondary N) is 1. The second-order valence-corrected chi connectivity index (χ2v) is 5.65. The molecule has 7 heteroatoms. The van der Waals surface area contributed by atoms with Crippen LogP contribution in [-0.4, -0.2) is 27.0 Å². The van der Waals surface area contributed by atoms with E-state index in [9.17, 15) is 0 Å². The molecule has 3 N–H and O–H groups in total. The smallest absolute Gasteiger partial charge is 0.172 e. The van der Waals surface area contributed by atoms with E-state index < -0.39 is 0 Å². The third-order valence-electron chi connectivity index (χ3n) is 2.86. The van der Waals surface area contributed by atoms with Gasteiger partial charge in [-0.25, -0.2) is 15.0 Å². The number of methoxy groups -OCH3 is 1. The third-order valence-corrected chi connectivity index (χ3v) is 3.66. The summed E-state index contributed by atoms with van der Waals surface area (Å²) in [5.41, 5.74) is 8.92. The number of H-pyrrole nitrogens is 1. The Morgan fingerprint density at radius 2 is 2.10 bits per heavy atom. The van der Waals surface area contributed by atoms with E-state index in [2.05, 4.69) is 32.9 Å². The second kappa shape index (κ2) is 5.71. The Morgan fingerprint density at radius 3 is 2.90 bits per heavy atom. The van der Waals surface area contributed by atoms with Gasteiger partial charge in [0.2, 0.25) is 0 Å². The molecule has 0 saturated heterocycles. The number of nitrogens with zero attached hydrogens (tertiary/aromatic N) is 3. The maximum atomic E-state index is 5.79. The van der Waals surface area contributed by atoms with Crippen molar-refractivity contribution in [3.8, 4) is 0 Å². The minimum atomic E-state index is 0.331. The van der Waals surface area contributed by atoms with E-state index in [4.69, 9.17) is 10.5 Å². The van der Waals surface area contributed by atoms with Crippen LogP contribution in [0.25, 0.3) is 11.0 Å². The van der Waals surface area contributed by atoms with Crippen molar-refractivity contribution in [2.24, 2.45) is 0 Å². The fraction of sp³-hybridized carbons (Fsp3) is 0.214. The summed E-state index contributed by atoms with van der Waals surface area (Å²) in [4.78, 5) is 16.3. The highest BCUT2D eigenvalue weighted by atomic mass is 32.2. The molecule has 0 spiro atoms. The van der Waals surface area contributed by atoms with Gasteiger partial charge in [0.25, 0.3) is 0 Å². The van der Waals surface area contributed by atoms with Gasteiger partial charge in [-0.1, -0.05) is 6.07 Å². The number of aryl methyl sites for hydroxylation is 1. The Morgan fingerprint density at radius 1 is 1.24 bits per heavy atom. The average molecular weight is 301 g/mol. The molecule has 0 amide bonds. The molecule has 0 bridgehead atoms. The molecule has 3 aromatic rings. The van der Waals surface area contributed by atoms with Gasteiger partial charge in [-0.2, -0.15) is 0 Å². The van der Waals surface area contributed by atoms with E-state index >= 15 is 0 Å². The molecule has 0 aliphatic carbocycles. The lowest BCUT2D eigenvalue weighted by Crippen LogP contribution is -2.01. The Balaban J connectivity index is 1.90. The highest BCUT2D eigenvalue weighted by Crippen LogP contribution is 2.27. The van der Waals surface area contributed by atoms with Crippen molar-refractivity contribution >= 4 is 28.6 Å². The van der Waals surface area contributed by atoms with Gasteiger partial charge in [-0.15, -0.1) is 0 Å². The van der Waals surface area contributed by atoms with Crippen LogP contribution >= 0.6 is 11.8 Å². The van der Waals surface area contributed by atoms with Crippen molar-refractivity contribution in [3.63, 3.8) is 0 Å². The molecule has 2 heterocycles. The van der Waals surface area contributed by atoms with Gasteiger partial charge in [0, 0.05) is 13.2 Å². The van der Waals surface area contributed by atoms with Gasteiger partial charge < -0.3 is 15.5 Å². The number of anilines is 1. The minimum Gasteiger partial charge on any atom is -0.384 e. The maximum absolute atomic E-state index is 5.79. The van der Waals surface area contributed by atoms with E-state index in [-0.39, 0.29) is 0 Å². The van der Waals surface area contributed by atoms with Crippen molar-refractivity contribution in [2.45, 2.75) is 23.7 Å². The molecule has 0 unspecified atom stereocenters. The Bertz CT molecular complexity index is 786. The number of hydrogen-bond donors (Lipinski definition) is 2. The molecule has 0 fully saturated rings. The van der Waals surface area contributed by atoms with Gasteiger partial charge in [0.15, 0.2) is 11.0 Å². The molecule has 0 saturated carbocycles. The minimum absolute atomic E-state index is 0.331.